The summed E-state index contributed by atoms with van der Waals surface area (Å²) in [6, 6.07) is 22.6. The lowest BCUT2D eigenvalue weighted by Gasteiger charge is -2.22. The SMILES string of the molecule is CC(=O)N(c1ccccc1)c1cccc(-n2nc(-c3ncno3)c(=O)n(Cc3ccc(Cl)cc3)c2=O)c1. The van der Waals surface area contributed by atoms with Crippen molar-refractivity contribution < 1.29 is 9.32 Å². The second-order valence-corrected chi connectivity index (χ2v) is 8.45. The zero-order valence-electron chi connectivity index (χ0n) is 19.5. The maximum absolute atomic E-state index is 13.6. The first-order valence-electron chi connectivity index (χ1n) is 11.1. The number of para-hydroxylation sites is 1. The molecule has 0 bridgehead atoms. The molecule has 5 rings (SSSR count). The molecule has 0 aliphatic carbocycles. The summed E-state index contributed by atoms with van der Waals surface area (Å²) in [5.41, 5.74) is 0.615. The van der Waals surface area contributed by atoms with Crippen LogP contribution in [0.5, 0.6) is 0 Å². The molecule has 11 heteroatoms. The van der Waals surface area contributed by atoms with Crippen LogP contribution in [0.15, 0.2) is 99.3 Å². The van der Waals surface area contributed by atoms with Crippen LogP contribution in [0.1, 0.15) is 12.5 Å². The molecule has 0 aliphatic rings. The Balaban J connectivity index is 1.68. The third-order valence-corrected chi connectivity index (χ3v) is 5.79. The summed E-state index contributed by atoms with van der Waals surface area (Å²) in [6.45, 7) is 1.41. The zero-order valence-corrected chi connectivity index (χ0v) is 20.2. The van der Waals surface area contributed by atoms with Crippen molar-refractivity contribution >= 4 is 28.9 Å². The van der Waals surface area contributed by atoms with E-state index < -0.39 is 11.2 Å². The molecule has 0 saturated heterocycles. The number of hydrogen-bond donors (Lipinski definition) is 0. The predicted molar refractivity (Wildman–Crippen MR) is 137 cm³/mol. The molecule has 0 atom stereocenters. The van der Waals surface area contributed by atoms with Gasteiger partial charge in [-0.15, -0.1) is 0 Å². The summed E-state index contributed by atoms with van der Waals surface area (Å²) in [4.78, 5) is 44.8. The number of hydrogen-bond acceptors (Lipinski definition) is 7. The molecular weight excluding hydrogens is 496 g/mol. The lowest BCUT2D eigenvalue weighted by atomic mass is 10.2. The van der Waals surface area contributed by atoms with Crippen LogP contribution >= 0.6 is 11.6 Å². The van der Waals surface area contributed by atoms with Crippen LogP contribution in [0.3, 0.4) is 0 Å². The predicted octanol–water partition coefficient (Wildman–Crippen LogP) is 3.83. The van der Waals surface area contributed by atoms with Gasteiger partial charge in [-0.3, -0.25) is 19.1 Å². The molecule has 10 nitrogen and oxygen atoms in total. The van der Waals surface area contributed by atoms with Gasteiger partial charge in [0.2, 0.25) is 11.6 Å². The Bertz CT molecular complexity index is 1680. The molecule has 37 heavy (non-hydrogen) atoms. The first-order chi connectivity index (χ1) is 17.9. The monoisotopic (exact) mass is 514 g/mol. The van der Waals surface area contributed by atoms with Crippen molar-refractivity contribution in [3.05, 3.63) is 117 Å². The van der Waals surface area contributed by atoms with Crippen molar-refractivity contribution in [3.63, 3.8) is 0 Å². The van der Waals surface area contributed by atoms with Gasteiger partial charge >= 0.3 is 5.69 Å². The number of anilines is 2. The molecular formula is C26H19ClN6O4. The fraction of sp³-hybridized carbons (Fsp3) is 0.0769. The summed E-state index contributed by atoms with van der Waals surface area (Å²) in [5.74, 6) is -0.350. The highest BCUT2D eigenvalue weighted by Gasteiger charge is 2.21. The Morgan fingerprint density at radius 1 is 0.973 bits per heavy atom. The lowest BCUT2D eigenvalue weighted by Crippen LogP contribution is -2.42. The second-order valence-electron chi connectivity index (χ2n) is 8.02. The summed E-state index contributed by atoms with van der Waals surface area (Å²) in [5, 5.41) is 8.35. The van der Waals surface area contributed by atoms with Gasteiger partial charge in [-0.05, 0) is 48.0 Å². The van der Waals surface area contributed by atoms with Crippen molar-refractivity contribution in [1.29, 1.82) is 0 Å². The number of benzene rings is 3. The lowest BCUT2D eigenvalue weighted by molar-refractivity contribution is -0.115. The fourth-order valence-electron chi connectivity index (χ4n) is 3.86. The van der Waals surface area contributed by atoms with E-state index >= 15 is 0 Å². The van der Waals surface area contributed by atoms with Crippen LogP contribution in [-0.4, -0.2) is 30.4 Å². The van der Waals surface area contributed by atoms with Crippen molar-refractivity contribution in [2.75, 3.05) is 4.90 Å². The molecule has 0 unspecified atom stereocenters. The summed E-state index contributed by atoms with van der Waals surface area (Å²) in [7, 11) is 0. The van der Waals surface area contributed by atoms with Crippen LogP contribution in [0.4, 0.5) is 11.4 Å². The highest BCUT2D eigenvalue weighted by Crippen LogP contribution is 2.27. The summed E-state index contributed by atoms with van der Waals surface area (Å²) < 4.78 is 7.18. The third-order valence-electron chi connectivity index (χ3n) is 5.54. The summed E-state index contributed by atoms with van der Waals surface area (Å²) >= 11 is 5.98. The number of aromatic nitrogens is 5. The molecule has 0 aliphatic heterocycles. The van der Waals surface area contributed by atoms with Gasteiger partial charge in [-0.1, -0.05) is 53.2 Å². The standard InChI is InChI=1S/C26H19ClN6O4/c1-17(34)32(20-6-3-2-4-7-20)21-8-5-9-22(14-21)33-26(36)31(15-18-10-12-19(27)13-11-18)25(35)23(30-33)24-28-16-29-37-24/h2-14,16H,15H2,1H3. The summed E-state index contributed by atoms with van der Waals surface area (Å²) in [6.07, 6.45) is 1.14. The number of rotatable bonds is 6. The van der Waals surface area contributed by atoms with Gasteiger partial charge < -0.3 is 4.52 Å². The first kappa shape index (κ1) is 23.9. The van der Waals surface area contributed by atoms with Gasteiger partial charge in [0.05, 0.1) is 17.9 Å². The number of halogens is 1. The van der Waals surface area contributed by atoms with Gasteiger partial charge in [-0.25, -0.2) is 4.79 Å². The van der Waals surface area contributed by atoms with Crippen molar-refractivity contribution in [3.8, 4) is 17.3 Å². The minimum Gasteiger partial charge on any atom is -0.332 e. The second kappa shape index (κ2) is 10.0. The molecule has 2 aromatic heterocycles. The molecule has 1 amide bonds. The average molecular weight is 515 g/mol. The molecule has 0 fully saturated rings. The highest BCUT2D eigenvalue weighted by atomic mass is 35.5. The molecule has 184 valence electrons. The van der Waals surface area contributed by atoms with E-state index in [4.69, 9.17) is 16.1 Å². The molecule has 3 aromatic carbocycles. The van der Waals surface area contributed by atoms with Gasteiger partial charge in [0.25, 0.3) is 11.4 Å². The Morgan fingerprint density at radius 2 is 1.70 bits per heavy atom. The van der Waals surface area contributed by atoms with Crippen LogP contribution < -0.4 is 16.1 Å². The Labute approximate surface area is 215 Å². The average Bonchev–Trinajstić information content (AvgIpc) is 3.43. The van der Waals surface area contributed by atoms with Gasteiger partial charge in [0, 0.05) is 17.6 Å². The number of carbonyl (C=O) groups excluding carboxylic acids is 1. The minimum absolute atomic E-state index is 0.0399. The molecule has 0 spiro atoms. The quantitative estimate of drug-likeness (QED) is 0.338. The first-order valence-corrected chi connectivity index (χ1v) is 11.5. The minimum atomic E-state index is -0.689. The van der Waals surface area contributed by atoms with E-state index in [1.54, 1.807) is 60.7 Å². The van der Waals surface area contributed by atoms with E-state index in [-0.39, 0.29) is 24.0 Å². The maximum Gasteiger partial charge on any atom is 0.352 e. The van der Waals surface area contributed by atoms with Crippen LogP contribution in [0, 0.1) is 0 Å². The maximum atomic E-state index is 13.6. The Morgan fingerprint density at radius 3 is 2.38 bits per heavy atom. The smallest absolute Gasteiger partial charge is 0.332 e. The zero-order chi connectivity index (χ0) is 25.9. The van der Waals surface area contributed by atoms with Crippen LogP contribution in [-0.2, 0) is 11.3 Å². The molecule has 5 aromatic rings. The van der Waals surface area contributed by atoms with Crippen LogP contribution in [0.2, 0.25) is 5.02 Å². The topological polar surface area (TPSA) is 116 Å². The van der Waals surface area contributed by atoms with Crippen LogP contribution in [0.25, 0.3) is 17.3 Å². The van der Waals surface area contributed by atoms with E-state index in [1.807, 2.05) is 18.2 Å². The van der Waals surface area contributed by atoms with E-state index in [0.717, 1.165) is 15.6 Å². The number of nitrogens with zero attached hydrogens (tertiary/aromatic N) is 6. The molecule has 0 radical (unpaired) electrons. The van der Waals surface area contributed by atoms with E-state index in [1.165, 1.54) is 11.8 Å². The third kappa shape index (κ3) is 4.82. The molecule has 0 N–H and O–H groups in total. The fourth-order valence-corrected chi connectivity index (χ4v) is 3.99. The van der Waals surface area contributed by atoms with Gasteiger partial charge in [0.1, 0.15) is 0 Å². The number of carbonyl (C=O) groups is 1. The van der Waals surface area contributed by atoms with E-state index in [9.17, 15) is 14.4 Å². The number of amides is 1. The van der Waals surface area contributed by atoms with E-state index in [0.29, 0.717) is 27.6 Å². The largest absolute Gasteiger partial charge is 0.352 e. The molecule has 0 saturated carbocycles. The van der Waals surface area contributed by atoms with Crippen molar-refractivity contribution in [2.24, 2.45) is 0 Å². The van der Waals surface area contributed by atoms with Crippen molar-refractivity contribution in [1.82, 2.24) is 24.5 Å². The molecule has 2 heterocycles. The Kier molecular flexibility index (Phi) is 6.48. The van der Waals surface area contributed by atoms with Gasteiger partial charge in [0.15, 0.2) is 6.33 Å². The Hall–Kier alpha value is -4.83. The van der Waals surface area contributed by atoms with Crippen molar-refractivity contribution in [2.45, 2.75) is 13.5 Å². The van der Waals surface area contributed by atoms with E-state index in [2.05, 4.69) is 15.2 Å². The highest BCUT2D eigenvalue weighted by molar-refractivity contribution is 6.30. The normalized spacial score (nSPS) is 10.9. The van der Waals surface area contributed by atoms with Gasteiger partial charge in [-0.2, -0.15) is 14.8 Å².